The van der Waals surface area contributed by atoms with Gasteiger partial charge in [0, 0.05) is 18.3 Å². The summed E-state index contributed by atoms with van der Waals surface area (Å²) in [6.45, 7) is 1.70. The summed E-state index contributed by atoms with van der Waals surface area (Å²) in [5, 5.41) is 9.45. The molecular weight excluding hydrogens is 228 g/mol. The van der Waals surface area contributed by atoms with Crippen LogP contribution in [0.5, 0.6) is 0 Å². The largest absolute Gasteiger partial charge is 0.392 e. The molecule has 2 atom stereocenters. The predicted molar refractivity (Wildman–Crippen MR) is 69.5 cm³/mol. The SMILES string of the molecule is OCc1cccnc1N1CCOC2CCCCC21. The van der Waals surface area contributed by atoms with E-state index < -0.39 is 0 Å². The van der Waals surface area contributed by atoms with Crippen molar-refractivity contribution in [2.75, 3.05) is 18.1 Å². The Hall–Kier alpha value is -1.13. The van der Waals surface area contributed by atoms with Crippen molar-refractivity contribution in [3.63, 3.8) is 0 Å². The third-order valence-corrected chi connectivity index (χ3v) is 4.04. The van der Waals surface area contributed by atoms with E-state index in [9.17, 15) is 5.11 Å². The molecule has 1 aliphatic carbocycles. The average Bonchev–Trinajstić information content (AvgIpc) is 2.46. The maximum absolute atomic E-state index is 9.45. The van der Waals surface area contributed by atoms with Crippen LogP contribution in [0.25, 0.3) is 0 Å². The summed E-state index contributed by atoms with van der Waals surface area (Å²) in [7, 11) is 0. The molecule has 1 aromatic heterocycles. The molecule has 1 aromatic rings. The number of aromatic nitrogens is 1. The molecule has 2 heterocycles. The molecule has 2 unspecified atom stereocenters. The molecule has 4 heteroatoms. The van der Waals surface area contributed by atoms with Crippen molar-refractivity contribution in [3.8, 4) is 0 Å². The second-order valence-corrected chi connectivity index (χ2v) is 5.10. The summed E-state index contributed by atoms with van der Waals surface area (Å²) in [5.74, 6) is 0.945. The van der Waals surface area contributed by atoms with Crippen LogP contribution >= 0.6 is 0 Å². The van der Waals surface area contributed by atoms with Gasteiger partial charge in [0.2, 0.25) is 0 Å². The molecule has 0 bridgehead atoms. The van der Waals surface area contributed by atoms with Gasteiger partial charge in [0.05, 0.1) is 25.4 Å². The summed E-state index contributed by atoms with van der Waals surface area (Å²) < 4.78 is 5.88. The van der Waals surface area contributed by atoms with Crippen LogP contribution in [0, 0.1) is 0 Å². The van der Waals surface area contributed by atoms with Crippen LogP contribution in [0.4, 0.5) is 5.82 Å². The molecule has 18 heavy (non-hydrogen) atoms. The highest BCUT2D eigenvalue weighted by molar-refractivity contribution is 5.48. The van der Waals surface area contributed by atoms with Gasteiger partial charge in [-0.1, -0.05) is 18.9 Å². The molecule has 0 spiro atoms. The molecular formula is C14H20N2O2. The zero-order chi connectivity index (χ0) is 12.4. The van der Waals surface area contributed by atoms with Crippen LogP contribution in [0.3, 0.4) is 0 Å². The first-order chi connectivity index (χ1) is 8.90. The lowest BCUT2D eigenvalue weighted by molar-refractivity contribution is -0.00912. The molecule has 1 aliphatic heterocycles. The lowest BCUT2D eigenvalue weighted by Crippen LogP contribution is -2.53. The lowest BCUT2D eigenvalue weighted by atomic mass is 9.90. The Morgan fingerprint density at radius 1 is 1.39 bits per heavy atom. The van der Waals surface area contributed by atoms with Crippen LogP contribution in [0.1, 0.15) is 31.2 Å². The van der Waals surface area contributed by atoms with Crippen LogP contribution in [-0.2, 0) is 11.3 Å². The molecule has 4 nitrogen and oxygen atoms in total. The maximum Gasteiger partial charge on any atom is 0.134 e. The number of anilines is 1. The predicted octanol–water partition coefficient (Wildman–Crippen LogP) is 1.72. The average molecular weight is 248 g/mol. The van der Waals surface area contributed by atoms with Gasteiger partial charge in [-0.05, 0) is 18.9 Å². The van der Waals surface area contributed by atoms with Crippen molar-refractivity contribution in [2.45, 2.75) is 44.4 Å². The highest BCUT2D eigenvalue weighted by Crippen LogP contribution is 2.32. The number of aliphatic hydroxyl groups excluding tert-OH is 1. The minimum Gasteiger partial charge on any atom is -0.392 e. The van der Waals surface area contributed by atoms with Gasteiger partial charge >= 0.3 is 0 Å². The van der Waals surface area contributed by atoms with Gasteiger partial charge in [0.25, 0.3) is 0 Å². The highest BCUT2D eigenvalue weighted by Gasteiger charge is 2.35. The number of hydrogen-bond donors (Lipinski definition) is 1. The van der Waals surface area contributed by atoms with Crippen molar-refractivity contribution < 1.29 is 9.84 Å². The lowest BCUT2D eigenvalue weighted by Gasteiger charge is -2.44. The molecule has 3 rings (SSSR count). The van der Waals surface area contributed by atoms with Gasteiger partial charge in [-0.15, -0.1) is 0 Å². The van der Waals surface area contributed by atoms with Crippen molar-refractivity contribution in [1.82, 2.24) is 4.98 Å². The Balaban J connectivity index is 1.89. The first-order valence-electron chi connectivity index (χ1n) is 6.83. The minimum atomic E-state index is 0.0535. The number of rotatable bonds is 2. The van der Waals surface area contributed by atoms with Crippen molar-refractivity contribution in [2.24, 2.45) is 0 Å². The monoisotopic (exact) mass is 248 g/mol. The molecule has 0 radical (unpaired) electrons. The van der Waals surface area contributed by atoms with Crippen LogP contribution < -0.4 is 4.90 Å². The Morgan fingerprint density at radius 2 is 2.28 bits per heavy atom. The second kappa shape index (κ2) is 5.24. The van der Waals surface area contributed by atoms with Crippen LogP contribution in [0.2, 0.25) is 0 Å². The number of pyridine rings is 1. The van der Waals surface area contributed by atoms with Crippen molar-refractivity contribution in [1.29, 1.82) is 0 Å². The Kier molecular flexibility index (Phi) is 3.48. The Morgan fingerprint density at radius 3 is 3.17 bits per heavy atom. The normalized spacial score (nSPS) is 27.9. The van der Waals surface area contributed by atoms with E-state index in [4.69, 9.17) is 4.74 Å². The molecule has 1 saturated carbocycles. The van der Waals surface area contributed by atoms with Gasteiger partial charge in [-0.3, -0.25) is 0 Å². The van der Waals surface area contributed by atoms with E-state index >= 15 is 0 Å². The zero-order valence-electron chi connectivity index (χ0n) is 10.6. The summed E-state index contributed by atoms with van der Waals surface area (Å²) in [6.07, 6.45) is 7.02. The quantitative estimate of drug-likeness (QED) is 0.865. The first-order valence-corrected chi connectivity index (χ1v) is 6.83. The van der Waals surface area contributed by atoms with E-state index in [2.05, 4.69) is 9.88 Å². The summed E-state index contributed by atoms with van der Waals surface area (Å²) in [5.41, 5.74) is 0.920. The third-order valence-electron chi connectivity index (χ3n) is 4.04. The molecule has 2 fully saturated rings. The smallest absolute Gasteiger partial charge is 0.134 e. The Bertz CT molecular complexity index is 409. The number of hydrogen-bond acceptors (Lipinski definition) is 4. The standard InChI is InChI=1S/C14H20N2O2/c17-10-11-4-3-7-15-14(11)16-8-9-18-13-6-2-1-5-12(13)16/h3-4,7,12-13,17H,1-2,5-6,8-10H2. The van der Waals surface area contributed by atoms with Gasteiger partial charge in [0.15, 0.2) is 0 Å². The zero-order valence-corrected chi connectivity index (χ0v) is 10.6. The maximum atomic E-state index is 9.45. The number of morpholine rings is 1. The number of nitrogens with zero attached hydrogens (tertiary/aromatic N) is 2. The van der Waals surface area contributed by atoms with E-state index in [0.717, 1.165) is 31.0 Å². The van der Waals surface area contributed by atoms with Crippen molar-refractivity contribution in [3.05, 3.63) is 23.9 Å². The van der Waals surface area contributed by atoms with Gasteiger partial charge in [0.1, 0.15) is 5.82 Å². The molecule has 2 aliphatic rings. The van der Waals surface area contributed by atoms with E-state index in [1.165, 1.54) is 19.3 Å². The summed E-state index contributed by atoms with van der Waals surface area (Å²) in [6, 6.07) is 4.27. The molecule has 0 amide bonds. The summed E-state index contributed by atoms with van der Waals surface area (Å²) >= 11 is 0. The van der Waals surface area contributed by atoms with Gasteiger partial charge in [-0.2, -0.15) is 0 Å². The topological polar surface area (TPSA) is 45.6 Å². The van der Waals surface area contributed by atoms with E-state index in [1.807, 2.05) is 18.3 Å². The summed E-state index contributed by atoms with van der Waals surface area (Å²) in [4.78, 5) is 6.82. The van der Waals surface area contributed by atoms with Gasteiger partial charge < -0.3 is 14.7 Å². The van der Waals surface area contributed by atoms with Crippen molar-refractivity contribution >= 4 is 5.82 Å². The molecule has 98 valence electrons. The van der Waals surface area contributed by atoms with E-state index in [0.29, 0.717) is 12.1 Å². The minimum absolute atomic E-state index is 0.0535. The second-order valence-electron chi connectivity index (χ2n) is 5.10. The Labute approximate surface area is 108 Å². The fourth-order valence-electron chi connectivity index (χ4n) is 3.17. The fourth-order valence-corrected chi connectivity index (χ4v) is 3.17. The van der Waals surface area contributed by atoms with E-state index in [-0.39, 0.29) is 6.61 Å². The fraction of sp³-hybridized carbons (Fsp3) is 0.643. The molecule has 1 N–H and O–H groups in total. The number of aliphatic hydroxyl groups is 1. The molecule has 0 aromatic carbocycles. The van der Waals surface area contributed by atoms with Gasteiger partial charge in [-0.25, -0.2) is 4.98 Å². The van der Waals surface area contributed by atoms with E-state index in [1.54, 1.807) is 0 Å². The number of ether oxygens (including phenoxy) is 1. The van der Waals surface area contributed by atoms with Crippen LogP contribution in [-0.4, -0.2) is 35.4 Å². The number of fused-ring (bicyclic) bond motifs is 1. The van der Waals surface area contributed by atoms with Crippen LogP contribution in [0.15, 0.2) is 18.3 Å². The first kappa shape index (κ1) is 11.9. The molecule has 1 saturated heterocycles. The third kappa shape index (κ3) is 2.10. The highest BCUT2D eigenvalue weighted by atomic mass is 16.5.